The molecule has 0 amide bonds. The molecule has 0 rings (SSSR count). The lowest BCUT2D eigenvalue weighted by Crippen LogP contribution is -2.15. The van der Waals surface area contributed by atoms with Gasteiger partial charge in [0, 0.05) is 0 Å². The molecule has 0 radical (unpaired) electrons. The number of hydrogen-bond donors (Lipinski definition) is 1. The van der Waals surface area contributed by atoms with Crippen LogP contribution in [-0.2, 0) is 14.9 Å². The molecule has 0 bridgehead atoms. The second kappa shape index (κ2) is 4.69. The van der Waals surface area contributed by atoms with Gasteiger partial charge in [-0.2, -0.15) is 8.42 Å². The summed E-state index contributed by atoms with van der Waals surface area (Å²) in [5.74, 6) is -0.322. The first kappa shape index (κ1) is 10.9. The van der Waals surface area contributed by atoms with Crippen LogP contribution in [0.15, 0.2) is 0 Å². The van der Waals surface area contributed by atoms with E-state index >= 15 is 0 Å². The standard InChI is InChI=1S/C6H14O4S/c1-3-6(2)10-4-5-11(7,8)9/h6H,3-5H2,1-2H3,(H,7,8,9). The van der Waals surface area contributed by atoms with Crippen molar-refractivity contribution in [2.75, 3.05) is 12.4 Å². The van der Waals surface area contributed by atoms with E-state index in [9.17, 15) is 8.42 Å². The van der Waals surface area contributed by atoms with Crippen molar-refractivity contribution in [3.8, 4) is 0 Å². The summed E-state index contributed by atoms with van der Waals surface area (Å²) >= 11 is 0. The summed E-state index contributed by atoms with van der Waals surface area (Å²) in [6.07, 6.45) is 0.891. The summed E-state index contributed by atoms with van der Waals surface area (Å²) < 4.78 is 33.7. The van der Waals surface area contributed by atoms with Crippen LogP contribution in [0.2, 0.25) is 0 Å². The van der Waals surface area contributed by atoms with Gasteiger partial charge in [-0.25, -0.2) is 0 Å². The largest absolute Gasteiger partial charge is 0.377 e. The Balaban J connectivity index is 3.43. The minimum atomic E-state index is -3.85. The topological polar surface area (TPSA) is 63.6 Å². The average Bonchev–Trinajstić information content (AvgIpc) is 1.85. The Kier molecular flexibility index (Phi) is 4.63. The van der Waals surface area contributed by atoms with Gasteiger partial charge < -0.3 is 4.74 Å². The molecule has 0 fully saturated rings. The van der Waals surface area contributed by atoms with E-state index in [2.05, 4.69) is 0 Å². The minimum Gasteiger partial charge on any atom is -0.377 e. The highest BCUT2D eigenvalue weighted by Crippen LogP contribution is 1.95. The lowest BCUT2D eigenvalue weighted by atomic mass is 10.3. The van der Waals surface area contributed by atoms with Crippen LogP contribution in [-0.4, -0.2) is 31.4 Å². The maximum Gasteiger partial charge on any atom is 0.267 e. The molecule has 0 saturated carbocycles. The zero-order valence-electron chi connectivity index (χ0n) is 6.78. The Bertz CT molecular complexity index is 185. The molecule has 0 heterocycles. The highest BCUT2D eigenvalue weighted by molar-refractivity contribution is 7.85. The molecule has 4 nitrogen and oxygen atoms in total. The van der Waals surface area contributed by atoms with Crippen molar-refractivity contribution in [2.24, 2.45) is 0 Å². The Morgan fingerprint density at radius 3 is 2.45 bits per heavy atom. The molecule has 0 aromatic rings. The summed E-state index contributed by atoms with van der Waals surface area (Å²) in [5, 5.41) is 0. The van der Waals surface area contributed by atoms with Gasteiger partial charge in [0.2, 0.25) is 0 Å². The molecule has 0 spiro atoms. The molecule has 0 aliphatic heterocycles. The Morgan fingerprint density at radius 1 is 1.55 bits per heavy atom. The van der Waals surface area contributed by atoms with Gasteiger partial charge in [-0.1, -0.05) is 6.92 Å². The molecule has 0 aliphatic rings. The quantitative estimate of drug-likeness (QED) is 0.635. The van der Waals surface area contributed by atoms with Crippen LogP contribution in [0.25, 0.3) is 0 Å². The zero-order chi connectivity index (χ0) is 8.91. The van der Waals surface area contributed by atoms with Crippen molar-refractivity contribution >= 4 is 10.1 Å². The second-order valence-corrected chi connectivity index (χ2v) is 3.95. The molecule has 0 aromatic carbocycles. The van der Waals surface area contributed by atoms with E-state index in [0.717, 1.165) is 6.42 Å². The number of rotatable bonds is 5. The molecule has 0 saturated heterocycles. The lowest BCUT2D eigenvalue weighted by molar-refractivity contribution is 0.0745. The lowest BCUT2D eigenvalue weighted by Gasteiger charge is -2.08. The molecule has 0 aliphatic carbocycles. The van der Waals surface area contributed by atoms with Gasteiger partial charge in [-0.05, 0) is 13.3 Å². The molecule has 1 unspecified atom stereocenters. The van der Waals surface area contributed by atoms with Crippen LogP contribution in [0.5, 0.6) is 0 Å². The Hall–Kier alpha value is -0.130. The van der Waals surface area contributed by atoms with E-state index in [0.29, 0.717) is 0 Å². The van der Waals surface area contributed by atoms with Gasteiger partial charge in [0.25, 0.3) is 10.1 Å². The fraction of sp³-hybridized carbons (Fsp3) is 1.00. The van der Waals surface area contributed by atoms with Crippen LogP contribution in [0.4, 0.5) is 0 Å². The van der Waals surface area contributed by atoms with E-state index < -0.39 is 10.1 Å². The summed E-state index contributed by atoms with van der Waals surface area (Å²) in [6, 6.07) is 0. The van der Waals surface area contributed by atoms with Crippen LogP contribution in [0.3, 0.4) is 0 Å². The van der Waals surface area contributed by atoms with Gasteiger partial charge in [0.05, 0.1) is 18.5 Å². The molecule has 0 aromatic heterocycles. The zero-order valence-corrected chi connectivity index (χ0v) is 7.60. The van der Waals surface area contributed by atoms with Gasteiger partial charge in [-0.3, -0.25) is 4.55 Å². The van der Waals surface area contributed by atoms with E-state index in [1.807, 2.05) is 13.8 Å². The predicted octanol–water partition coefficient (Wildman–Crippen LogP) is 0.689. The van der Waals surface area contributed by atoms with E-state index in [4.69, 9.17) is 9.29 Å². The first-order valence-corrected chi connectivity index (χ1v) is 5.13. The Labute approximate surface area is 67.3 Å². The first-order valence-electron chi connectivity index (χ1n) is 3.52. The van der Waals surface area contributed by atoms with Crippen LogP contribution < -0.4 is 0 Å². The number of ether oxygens (including phenoxy) is 1. The van der Waals surface area contributed by atoms with Gasteiger partial charge >= 0.3 is 0 Å². The molecule has 1 N–H and O–H groups in total. The van der Waals surface area contributed by atoms with Crippen molar-refractivity contribution in [3.63, 3.8) is 0 Å². The van der Waals surface area contributed by atoms with Gasteiger partial charge in [-0.15, -0.1) is 0 Å². The molecule has 68 valence electrons. The average molecular weight is 182 g/mol. The van der Waals surface area contributed by atoms with Crippen LogP contribution >= 0.6 is 0 Å². The summed E-state index contributed by atoms with van der Waals surface area (Å²) in [6.45, 7) is 3.86. The fourth-order valence-electron chi connectivity index (χ4n) is 0.472. The summed E-state index contributed by atoms with van der Waals surface area (Å²) in [7, 11) is -3.85. The third-order valence-corrected chi connectivity index (χ3v) is 2.00. The molecule has 1 atom stereocenters. The molecular weight excluding hydrogens is 168 g/mol. The van der Waals surface area contributed by atoms with Crippen molar-refractivity contribution in [2.45, 2.75) is 26.4 Å². The van der Waals surface area contributed by atoms with E-state index in [1.54, 1.807) is 0 Å². The van der Waals surface area contributed by atoms with E-state index in [-0.39, 0.29) is 18.5 Å². The molecular formula is C6H14O4S. The van der Waals surface area contributed by atoms with Gasteiger partial charge in [0.15, 0.2) is 0 Å². The van der Waals surface area contributed by atoms with Crippen molar-refractivity contribution in [1.29, 1.82) is 0 Å². The molecule has 11 heavy (non-hydrogen) atoms. The minimum absolute atomic E-state index is 0.0525. The first-order chi connectivity index (χ1) is 4.95. The fourth-order valence-corrected chi connectivity index (χ4v) is 0.779. The molecule has 5 heteroatoms. The van der Waals surface area contributed by atoms with Crippen LogP contribution in [0.1, 0.15) is 20.3 Å². The maximum absolute atomic E-state index is 10.2. The summed E-state index contributed by atoms with van der Waals surface area (Å²) in [5.41, 5.74) is 0. The highest BCUT2D eigenvalue weighted by Gasteiger charge is 2.05. The van der Waals surface area contributed by atoms with Crippen LogP contribution in [0, 0.1) is 0 Å². The second-order valence-electron chi connectivity index (χ2n) is 2.38. The third kappa shape index (κ3) is 7.77. The smallest absolute Gasteiger partial charge is 0.267 e. The van der Waals surface area contributed by atoms with Crippen molar-refractivity contribution in [1.82, 2.24) is 0 Å². The number of hydrogen-bond acceptors (Lipinski definition) is 3. The van der Waals surface area contributed by atoms with Crippen molar-refractivity contribution in [3.05, 3.63) is 0 Å². The SMILES string of the molecule is CCC(C)OCCS(=O)(=O)O. The van der Waals surface area contributed by atoms with E-state index in [1.165, 1.54) is 0 Å². The normalized spacial score (nSPS) is 14.8. The predicted molar refractivity (Wildman–Crippen MR) is 42.1 cm³/mol. The van der Waals surface area contributed by atoms with Gasteiger partial charge in [0.1, 0.15) is 0 Å². The monoisotopic (exact) mass is 182 g/mol. The maximum atomic E-state index is 10.2. The Morgan fingerprint density at radius 2 is 2.09 bits per heavy atom. The summed E-state index contributed by atoms with van der Waals surface area (Å²) in [4.78, 5) is 0. The van der Waals surface area contributed by atoms with Crippen molar-refractivity contribution < 1.29 is 17.7 Å². The third-order valence-electron chi connectivity index (χ3n) is 1.32. The highest BCUT2D eigenvalue weighted by atomic mass is 32.2.